The van der Waals surface area contributed by atoms with E-state index in [1.165, 1.54) is 51.4 Å². The first kappa shape index (κ1) is 52.9. The number of phosphoric ester groups is 1. The monoisotopic (exact) mass is 794 g/mol. The van der Waals surface area contributed by atoms with Gasteiger partial charge < -0.3 is 24.9 Å². The van der Waals surface area contributed by atoms with Gasteiger partial charge in [0, 0.05) is 6.42 Å². The van der Waals surface area contributed by atoms with Crippen molar-refractivity contribution in [3.05, 3.63) is 72.9 Å². The molecular formula is C45H82N2O7P+. The van der Waals surface area contributed by atoms with Crippen molar-refractivity contribution >= 4 is 13.7 Å². The minimum atomic E-state index is -4.44. The molecular weight excluding hydrogens is 711 g/mol. The fraction of sp³-hybridized carbons (Fsp3) is 0.711. The fourth-order valence-electron chi connectivity index (χ4n) is 5.63. The Morgan fingerprint density at radius 1 is 0.655 bits per heavy atom. The van der Waals surface area contributed by atoms with Crippen LogP contribution in [0.25, 0.3) is 0 Å². The van der Waals surface area contributed by atoms with Gasteiger partial charge in [-0.2, -0.15) is 0 Å². The minimum Gasteiger partial charge on any atom is -0.390 e. The van der Waals surface area contributed by atoms with E-state index >= 15 is 0 Å². The van der Waals surface area contributed by atoms with Crippen molar-refractivity contribution in [3.63, 3.8) is 0 Å². The molecule has 0 saturated heterocycles. The van der Waals surface area contributed by atoms with Gasteiger partial charge in [0.2, 0.25) is 5.91 Å². The second kappa shape index (κ2) is 36.3. The number of carbonyl (C=O) groups excluding carboxylic acids is 1. The number of unbranched alkanes of at least 4 members (excludes halogenated alkanes) is 11. The van der Waals surface area contributed by atoms with Gasteiger partial charge in [-0.1, -0.05) is 164 Å². The molecule has 0 aromatic heterocycles. The first-order chi connectivity index (χ1) is 26.4. The molecule has 0 aliphatic rings. The standard InChI is InChI=1S/C45H81N2O7P/c1-6-8-10-12-14-16-18-20-21-22-23-24-25-26-28-30-32-34-36-38-44(49)46-42(41-54-55(51,52)53-40-39-47(3,4)5)45(50)43(48)37-35-33-31-29-27-19-17-15-13-11-9-7-2/h8,10,14,16,20-21,23-24,26,28,32,34,42-43,45,48,50H,6-7,9,11-13,15,17-19,22,25,27,29-31,33,35-41H2,1-5H3,(H-,46,49,51,52)/p+1/b10-8-,16-14-,21-20-,24-23-,28-26-,34-32-. The van der Waals surface area contributed by atoms with E-state index in [1.807, 2.05) is 33.3 Å². The summed E-state index contributed by atoms with van der Waals surface area (Å²) in [4.78, 5) is 23.1. The number of hydrogen-bond donors (Lipinski definition) is 4. The summed E-state index contributed by atoms with van der Waals surface area (Å²) in [6.07, 6.45) is 44.0. The summed E-state index contributed by atoms with van der Waals surface area (Å²) in [5, 5.41) is 24.6. The van der Waals surface area contributed by atoms with E-state index in [4.69, 9.17) is 9.05 Å². The van der Waals surface area contributed by atoms with E-state index in [9.17, 15) is 24.5 Å². The number of carbonyl (C=O) groups is 1. The minimum absolute atomic E-state index is 0.00436. The number of nitrogens with one attached hydrogen (secondary N) is 1. The molecule has 0 aromatic rings. The Balaban J connectivity index is 4.68. The molecule has 1 amide bonds. The van der Waals surface area contributed by atoms with Crippen LogP contribution in [0.1, 0.15) is 149 Å². The zero-order chi connectivity index (χ0) is 40.9. The van der Waals surface area contributed by atoms with E-state index in [2.05, 4.69) is 79.9 Å². The molecule has 0 spiro atoms. The van der Waals surface area contributed by atoms with Crippen LogP contribution in [0.2, 0.25) is 0 Å². The number of aliphatic hydroxyl groups excluding tert-OH is 2. The van der Waals surface area contributed by atoms with Crippen molar-refractivity contribution < 1.29 is 38.0 Å². The third-order valence-corrected chi connectivity index (χ3v) is 10.1. The molecule has 10 heteroatoms. The maximum Gasteiger partial charge on any atom is 0.472 e. The van der Waals surface area contributed by atoms with Crippen LogP contribution < -0.4 is 5.32 Å². The Bertz CT molecular complexity index is 1140. The lowest BCUT2D eigenvalue weighted by Gasteiger charge is -2.28. The smallest absolute Gasteiger partial charge is 0.390 e. The van der Waals surface area contributed by atoms with Crippen LogP contribution >= 0.6 is 7.82 Å². The second-order valence-corrected chi connectivity index (χ2v) is 16.9. The Hall–Kier alpha value is -2.10. The van der Waals surface area contributed by atoms with Crippen LogP contribution in [-0.2, 0) is 18.4 Å². The molecule has 0 heterocycles. The van der Waals surface area contributed by atoms with Crippen LogP contribution in [0.15, 0.2) is 72.9 Å². The zero-order valence-corrected chi connectivity index (χ0v) is 36.4. The number of likely N-dealkylation sites (N-methyl/N-ethyl adjacent to an activating group) is 1. The summed E-state index contributed by atoms with van der Waals surface area (Å²) in [7, 11) is 1.38. The molecule has 4 N–H and O–H groups in total. The molecule has 0 radical (unpaired) electrons. The van der Waals surface area contributed by atoms with Crippen molar-refractivity contribution in [1.82, 2.24) is 5.32 Å². The molecule has 318 valence electrons. The highest BCUT2D eigenvalue weighted by Gasteiger charge is 2.31. The number of hydrogen-bond acceptors (Lipinski definition) is 6. The normalized spacial score (nSPS) is 15.7. The van der Waals surface area contributed by atoms with Gasteiger partial charge in [0.15, 0.2) is 0 Å². The van der Waals surface area contributed by atoms with Gasteiger partial charge >= 0.3 is 7.82 Å². The van der Waals surface area contributed by atoms with Gasteiger partial charge in [0.25, 0.3) is 0 Å². The number of rotatable bonds is 37. The molecule has 0 saturated carbocycles. The Morgan fingerprint density at radius 3 is 1.55 bits per heavy atom. The van der Waals surface area contributed by atoms with Crippen molar-refractivity contribution in [2.24, 2.45) is 0 Å². The van der Waals surface area contributed by atoms with Gasteiger partial charge in [0.05, 0.1) is 39.9 Å². The Kier molecular flexibility index (Phi) is 34.9. The quantitative estimate of drug-likeness (QED) is 0.0214. The van der Waals surface area contributed by atoms with Crippen LogP contribution in [0.4, 0.5) is 0 Å². The van der Waals surface area contributed by atoms with Crippen LogP contribution in [0.5, 0.6) is 0 Å². The molecule has 9 nitrogen and oxygen atoms in total. The Morgan fingerprint density at radius 2 is 1.09 bits per heavy atom. The van der Waals surface area contributed by atoms with Crippen molar-refractivity contribution in [2.75, 3.05) is 40.9 Å². The molecule has 0 aliphatic heterocycles. The van der Waals surface area contributed by atoms with Crippen LogP contribution in [0.3, 0.4) is 0 Å². The number of allylic oxidation sites excluding steroid dienone is 12. The third kappa shape index (κ3) is 37.3. The van der Waals surface area contributed by atoms with Crippen LogP contribution in [0, 0.1) is 0 Å². The average Bonchev–Trinajstić information content (AvgIpc) is 3.13. The lowest BCUT2D eigenvalue weighted by molar-refractivity contribution is -0.870. The summed E-state index contributed by atoms with van der Waals surface area (Å²) >= 11 is 0. The zero-order valence-electron chi connectivity index (χ0n) is 35.5. The van der Waals surface area contributed by atoms with E-state index < -0.39 is 32.7 Å². The maximum atomic E-state index is 12.9. The van der Waals surface area contributed by atoms with Crippen LogP contribution in [-0.4, -0.2) is 84.6 Å². The SMILES string of the molecule is CC/C=C\C/C=C\C/C=C\C/C=C\C/C=C\C/C=C\CCC(=O)NC(COP(=O)(O)OCC[N+](C)(C)C)C(O)C(O)CCCCCCCCCCCCCC. The van der Waals surface area contributed by atoms with Gasteiger partial charge in [0.1, 0.15) is 19.3 Å². The summed E-state index contributed by atoms with van der Waals surface area (Å²) in [6.45, 7) is 4.40. The van der Waals surface area contributed by atoms with E-state index in [0.29, 0.717) is 23.9 Å². The summed E-state index contributed by atoms with van der Waals surface area (Å²) < 4.78 is 23.4. The van der Waals surface area contributed by atoms with Gasteiger partial charge in [-0.3, -0.25) is 13.8 Å². The summed E-state index contributed by atoms with van der Waals surface area (Å²) in [5.41, 5.74) is 0. The lowest BCUT2D eigenvalue weighted by Crippen LogP contribution is -2.51. The van der Waals surface area contributed by atoms with E-state index in [0.717, 1.165) is 64.2 Å². The van der Waals surface area contributed by atoms with E-state index in [-0.39, 0.29) is 18.9 Å². The predicted octanol–water partition coefficient (Wildman–Crippen LogP) is 10.6. The highest BCUT2D eigenvalue weighted by molar-refractivity contribution is 7.47. The van der Waals surface area contributed by atoms with Gasteiger partial charge in [-0.25, -0.2) is 4.57 Å². The number of amides is 1. The highest BCUT2D eigenvalue weighted by Crippen LogP contribution is 2.43. The largest absolute Gasteiger partial charge is 0.472 e. The maximum absolute atomic E-state index is 12.9. The molecule has 55 heavy (non-hydrogen) atoms. The molecule has 0 aromatic carbocycles. The van der Waals surface area contributed by atoms with E-state index in [1.54, 1.807) is 0 Å². The number of nitrogens with zero attached hydrogens (tertiary/aromatic N) is 1. The van der Waals surface area contributed by atoms with Gasteiger partial charge in [-0.15, -0.1) is 0 Å². The molecule has 0 bridgehead atoms. The summed E-state index contributed by atoms with van der Waals surface area (Å²) in [5.74, 6) is -0.344. The molecule has 0 fully saturated rings. The summed E-state index contributed by atoms with van der Waals surface area (Å²) in [6, 6.07) is -1.08. The topological polar surface area (TPSA) is 125 Å². The second-order valence-electron chi connectivity index (χ2n) is 15.5. The Labute approximate surface area is 336 Å². The highest BCUT2D eigenvalue weighted by atomic mass is 31.2. The van der Waals surface area contributed by atoms with Crippen molar-refractivity contribution in [2.45, 2.75) is 167 Å². The molecule has 0 rings (SSSR count). The predicted molar refractivity (Wildman–Crippen MR) is 232 cm³/mol. The lowest BCUT2D eigenvalue weighted by atomic mass is 9.99. The number of phosphoric acid groups is 1. The fourth-order valence-corrected chi connectivity index (χ4v) is 6.37. The third-order valence-electron chi connectivity index (χ3n) is 9.07. The average molecular weight is 794 g/mol. The van der Waals surface area contributed by atoms with Gasteiger partial charge in [-0.05, 0) is 51.4 Å². The molecule has 4 unspecified atom stereocenters. The molecule has 4 atom stereocenters. The first-order valence-corrected chi connectivity index (χ1v) is 22.9. The number of aliphatic hydroxyl groups is 2. The van der Waals surface area contributed by atoms with Crippen molar-refractivity contribution in [1.29, 1.82) is 0 Å². The number of quaternary nitrogens is 1. The first-order valence-electron chi connectivity index (χ1n) is 21.4. The van der Waals surface area contributed by atoms with Crippen molar-refractivity contribution in [3.8, 4) is 0 Å². The molecule has 0 aliphatic carbocycles.